The summed E-state index contributed by atoms with van der Waals surface area (Å²) in [7, 11) is -1.73. The Labute approximate surface area is 97.1 Å². The summed E-state index contributed by atoms with van der Waals surface area (Å²) < 4.78 is 25.0. The molecule has 0 saturated heterocycles. The van der Waals surface area contributed by atoms with Crippen LogP contribution in [0.2, 0.25) is 0 Å². The molecule has 0 amide bonds. The fourth-order valence-corrected chi connectivity index (χ4v) is 2.56. The summed E-state index contributed by atoms with van der Waals surface area (Å²) in [6, 6.07) is 5.74. The number of nitrogens with two attached hydrogens (primary N) is 1. The van der Waals surface area contributed by atoms with Crippen molar-refractivity contribution >= 4 is 15.7 Å². The van der Waals surface area contributed by atoms with Crippen LogP contribution in [-0.4, -0.2) is 27.8 Å². The Kier molecular flexibility index (Phi) is 3.93. The number of nitrogens with zero attached hydrogens (tertiary/aromatic N) is 1. The first-order chi connectivity index (χ1) is 7.38. The van der Waals surface area contributed by atoms with Crippen LogP contribution in [0.1, 0.15) is 11.1 Å². The molecule has 0 aliphatic rings. The van der Waals surface area contributed by atoms with Gasteiger partial charge in [0.2, 0.25) is 10.0 Å². The van der Waals surface area contributed by atoms with Gasteiger partial charge in [-0.3, -0.25) is 4.31 Å². The lowest BCUT2D eigenvalue weighted by molar-refractivity contribution is 0.594. The highest BCUT2D eigenvalue weighted by molar-refractivity contribution is 7.92. The van der Waals surface area contributed by atoms with Gasteiger partial charge < -0.3 is 5.73 Å². The van der Waals surface area contributed by atoms with E-state index >= 15 is 0 Å². The minimum absolute atomic E-state index is 0.0309. The summed E-state index contributed by atoms with van der Waals surface area (Å²) in [5.41, 5.74) is 7.98. The molecule has 5 heteroatoms. The van der Waals surface area contributed by atoms with Crippen LogP contribution >= 0.6 is 0 Å². The molecule has 0 spiro atoms. The summed E-state index contributed by atoms with van der Waals surface area (Å²) >= 11 is 0. The zero-order valence-electron chi connectivity index (χ0n) is 9.90. The number of benzene rings is 1. The molecule has 90 valence electrons. The lowest BCUT2D eigenvalue weighted by Crippen LogP contribution is -2.32. The maximum Gasteiger partial charge on any atom is 0.236 e. The van der Waals surface area contributed by atoms with E-state index in [1.807, 2.05) is 32.0 Å². The van der Waals surface area contributed by atoms with E-state index in [-0.39, 0.29) is 12.3 Å². The number of hydrogen-bond donors (Lipinski definition) is 1. The van der Waals surface area contributed by atoms with Crippen molar-refractivity contribution in [2.45, 2.75) is 13.8 Å². The fraction of sp³-hybridized carbons (Fsp3) is 0.455. The molecule has 0 radical (unpaired) electrons. The van der Waals surface area contributed by atoms with Crippen molar-refractivity contribution < 1.29 is 8.42 Å². The molecule has 1 aromatic carbocycles. The van der Waals surface area contributed by atoms with E-state index in [9.17, 15) is 8.42 Å². The topological polar surface area (TPSA) is 63.4 Å². The Morgan fingerprint density at radius 2 is 1.94 bits per heavy atom. The molecule has 4 nitrogen and oxygen atoms in total. The number of hydrogen-bond acceptors (Lipinski definition) is 3. The number of rotatable bonds is 4. The van der Waals surface area contributed by atoms with Gasteiger partial charge in [0.15, 0.2) is 0 Å². The van der Waals surface area contributed by atoms with Crippen molar-refractivity contribution in [1.29, 1.82) is 0 Å². The average molecular weight is 242 g/mol. The molecule has 0 aliphatic heterocycles. The SMILES string of the molecule is Cc1ccc(C)c(N(C)S(=O)(=O)CCN)c1. The molecule has 0 bridgehead atoms. The Bertz CT molecular complexity index is 469. The van der Waals surface area contributed by atoms with Crippen molar-refractivity contribution in [3.63, 3.8) is 0 Å². The molecular weight excluding hydrogens is 224 g/mol. The van der Waals surface area contributed by atoms with Crippen molar-refractivity contribution in [2.75, 3.05) is 23.7 Å². The van der Waals surface area contributed by atoms with Crippen LogP contribution in [0.25, 0.3) is 0 Å². The molecule has 1 rings (SSSR count). The highest BCUT2D eigenvalue weighted by Crippen LogP contribution is 2.22. The van der Waals surface area contributed by atoms with E-state index in [4.69, 9.17) is 5.73 Å². The minimum atomic E-state index is -3.29. The van der Waals surface area contributed by atoms with Gasteiger partial charge >= 0.3 is 0 Å². The zero-order chi connectivity index (χ0) is 12.3. The van der Waals surface area contributed by atoms with Crippen LogP contribution in [0, 0.1) is 13.8 Å². The molecule has 0 heterocycles. The van der Waals surface area contributed by atoms with Crippen LogP contribution in [0.5, 0.6) is 0 Å². The van der Waals surface area contributed by atoms with E-state index < -0.39 is 10.0 Å². The maximum absolute atomic E-state index is 11.8. The Morgan fingerprint density at radius 1 is 1.31 bits per heavy atom. The Balaban J connectivity index is 3.14. The molecule has 2 N–H and O–H groups in total. The second-order valence-electron chi connectivity index (χ2n) is 3.86. The zero-order valence-corrected chi connectivity index (χ0v) is 10.7. The molecule has 1 aromatic rings. The second-order valence-corrected chi connectivity index (χ2v) is 5.98. The van der Waals surface area contributed by atoms with E-state index in [0.29, 0.717) is 5.69 Å². The van der Waals surface area contributed by atoms with Gasteiger partial charge in [0.05, 0.1) is 11.4 Å². The summed E-state index contributed by atoms with van der Waals surface area (Å²) in [5, 5.41) is 0. The van der Waals surface area contributed by atoms with Crippen molar-refractivity contribution in [3.8, 4) is 0 Å². The van der Waals surface area contributed by atoms with E-state index in [2.05, 4.69) is 0 Å². The highest BCUT2D eigenvalue weighted by atomic mass is 32.2. The van der Waals surface area contributed by atoms with Gasteiger partial charge in [-0.25, -0.2) is 8.42 Å². The fourth-order valence-electron chi connectivity index (χ4n) is 1.49. The number of anilines is 1. The third-order valence-electron chi connectivity index (χ3n) is 2.50. The normalized spacial score (nSPS) is 11.5. The highest BCUT2D eigenvalue weighted by Gasteiger charge is 2.18. The maximum atomic E-state index is 11.8. The summed E-state index contributed by atoms with van der Waals surface area (Å²) in [6.45, 7) is 3.97. The predicted molar refractivity (Wildman–Crippen MR) is 67.2 cm³/mol. The molecule has 0 fully saturated rings. The van der Waals surface area contributed by atoms with Crippen LogP contribution in [0.15, 0.2) is 18.2 Å². The molecule has 0 aliphatic carbocycles. The van der Waals surface area contributed by atoms with Gasteiger partial charge in [-0.15, -0.1) is 0 Å². The van der Waals surface area contributed by atoms with Gasteiger partial charge in [0, 0.05) is 13.6 Å². The lowest BCUT2D eigenvalue weighted by Gasteiger charge is -2.21. The van der Waals surface area contributed by atoms with Crippen LogP contribution in [-0.2, 0) is 10.0 Å². The summed E-state index contributed by atoms with van der Waals surface area (Å²) in [6.07, 6.45) is 0. The first-order valence-electron chi connectivity index (χ1n) is 5.12. The monoisotopic (exact) mass is 242 g/mol. The van der Waals surface area contributed by atoms with Crippen LogP contribution < -0.4 is 10.0 Å². The van der Waals surface area contributed by atoms with Gasteiger partial charge in [-0.05, 0) is 31.0 Å². The first kappa shape index (κ1) is 13.0. The average Bonchev–Trinajstić information content (AvgIpc) is 2.20. The second kappa shape index (κ2) is 4.84. The standard InChI is InChI=1S/C11H18N2O2S/c1-9-4-5-10(2)11(8-9)13(3)16(14,15)7-6-12/h4-5,8H,6-7,12H2,1-3H3. The third kappa shape index (κ3) is 2.74. The smallest absolute Gasteiger partial charge is 0.236 e. The van der Waals surface area contributed by atoms with Crippen molar-refractivity contribution in [2.24, 2.45) is 5.73 Å². The van der Waals surface area contributed by atoms with Gasteiger partial charge in [-0.1, -0.05) is 12.1 Å². The summed E-state index contributed by atoms with van der Waals surface area (Å²) in [4.78, 5) is 0. The van der Waals surface area contributed by atoms with Crippen molar-refractivity contribution in [1.82, 2.24) is 0 Å². The van der Waals surface area contributed by atoms with E-state index in [0.717, 1.165) is 11.1 Å². The first-order valence-corrected chi connectivity index (χ1v) is 6.73. The number of aryl methyl sites for hydroxylation is 2. The molecule has 0 saturated carbocycles. The molecular formula is C11H18N2O2S. The van der Waals surface area contributed by atoms with Crippen LogP contribution in [0.4, 0.5) is 5.69 Å². The van der Waals surface area contributed by atoms with Crippen LogP contribution in [0.3, 0.4) is 0 Å². The van der Waals surface area contributed by atoms with Crippen molar-refractivity contribution in [3.05, 3.63) is 29.3 Å². The Morgan fingerprint density at radius 3 is 2.50 bits per heavy atom. The summed E-state index contributed by atoms with van der Waals surface area (Å²) in [5.74, 6) is -0.0309. The third-order valence-corrected chi connectivity index (χ3v) is 4.28. The van der Waals surface area contributed by atoms with Gasteiger partial charge in [0.1, 0.15) is 0 Å². The van der Waals surface area contributed by atoms with Gasteiger partial charge in [-0.2, -0.15) is 0 Å². The molecule has 0 aromatic heterocycles. The molecule has 0 atom stereocenters. The molecule has 16 heavy (non-hydrogen) atoms. The Hall–Kier alpha value is -1.07. The largest absolute Gasteiger partial charge is 0.329 e. The number of sulfonamides is 1. The lowest BCUT2D eigenvalue weighted by atomic mass is 10.1. The quantitative estimate of drug-likeness (QED) is 0.857. The predicted octanol–water partition coefficient (Wildman–Crippen LogP) is 1.03. The van der Waals surface area contributed by atoms with E-state index in [1.54, 1.807) is 7.05 Å². The molecule has 0 unspecified atom stereocenters. The van der Waals surface area contributed by atoms with E-state index in [1.165, 1.54) is 4.31 Å². The van der Waals surface area contributed by atoms with Gasteiger partial charge in [0.25, 0.3) is 0 Å². The minimum Gasteiger partial charge on any atom is -0.329 e.